The van der Waals surface area contributed by atoms with Gasteiger partial charge in [0.1, 0.15) is 12.4 Å². The molecular weight excluding hydrogens is 302 g/mol. The molecule has 1 aliphatic heterocycles. The predicted octanol–water partition coefficient (Wildman–Crippen LogP) is 2.23. The van der Waals surface area contributed by atoms with Crippen LogP contribution in [0.4, 0.5) is 0 Å². The zero-order chi connectivity index (χ0) is 16.8. The van der Waals surface area contributed by atoms with Gasteiger partial charge in [0.05, 0.1) is 0 Å². The van der Waals surface area contributed by atoms with Crippen LogP contribution in [-0.4, -0.2) is 34.9 Å². The Morgan fingerprint density at radius 2 is 2.17 bits per heavy atom. The van der Waals surface area contributed by atoms with E-state index in [-0.39, 0.29) is 11.9 Å². The standard InChI is InChI=1S/C19H21N3O2/c20-17-9-11-22(13-17)19(23)8-5-15-3-6-18(7-4-15)24-14-16-2-1-10-21-12-16/h1-8,10,12,17H,9,11,13-14,20H2/b8-5+. The molecular formula is C19H21N3O2. The average molecular weight is 323 g/mol. The molecule has 0 spiro atoms. The second-order valence-corrected chi connectivity index (χ2v) is 5.89. The van der Waals surface area contributed by atoms with E-state index in [9.17, 15) is 4.79 Å². The van der Waals surface area contributed by atoms with Gasteiger partial charge < -0.3 is 15.4 Å². The Balaban J connectivity index is 1.52. The first-order chi connectivity index (χ1) is 11.7. The highest BCUT2D eigenvalue weighted by Crippen LogP contribution is 2.15. The molecule has 1 atom stereocenters. The maximum absolute atomic E-state index is 12.0. The molecule has 0 radical (unpaired) electrons. The Bertz CT molecular complexity index is 698. The van der Waals surface area contributed by atoms with Gasteiger partial charge in [0, 0.05) is 43.2 Å². The van der Waals surface area contributed by atoms with E-state index in [0.29, 0.717) is 13.2 Å². The number of ether oxygens (including phenoxy) is 1. The Morgan fingerprint density at radius 1 is 1.33 bits per heavy atom. The Labute approximate surface area is 141 Å². The quantitative estimate of drug-likeness (QED) is 0.857. The van der Waals surface area contributed by atoms with E-state index in [1.807, 2.05) is 42.5 Å². The first-order valence-electron chi connectivity index (χ1n) is 8.05. The van der Waals surface area contributed by atoms with Crippen LogP contribution >= 0.6 is 0 Å². The highest BCUT2D eigenvalue weighted by molar-refractivity contribution is 5.92. The van der Waals surface area contributed by atoms with Gasteiger partial charge in [0.25, 0.3) is 0 Å². The van der Waals surface area contributed by atoms with E-state index < -0.39 is 0 Å². The van der Waals surface area contributed by atoms with Gasteiger partial charge in [-0.25, -0.2) is 0 Å². The number of likely N-dealkylation sites (tertiary alicyclic amines) is 1. The molecule has 24 heavy (non-hydrogen) atoms. The summed E-state index contributed by atoms with van der Waals surface area (Å²) in [6.07, 6.45) is 7.82. The highest BCUT2D eigenvalue weighted by atomic mass is 16.5. The number of amides is 1. The van der Waals surface area contributed by atoms with Crippen molar-refractivity contribution < 1.29 is 9.53 Å². The topological polar surface area (TPSA) is 68.5 Å². The van der Waals surface area contributed by atoms with E-state index in [1.54, 1.807) is 23.4 Å². The molecule has 1 aliphatic rings. The number of hydrogen-bond donors (Lipinski definition) is 1. The van der Waals surface area contributed by atoms with Gasteiger partial charge in [0.15, 0.2) is 0 Å². The van der Waals surface area contributed by atoms with Gasteiger partial charge in [-0.1, -0.05) is 18.2 Å². The Morgan fingerprint density at radius 3 is 2.83 bits per heavy atom. The minimum atomic E-state index is 0.0138. The molecule has 1 saturated heterocycles. The molecule has 0 saturated carbocycles. The summed E-state index contributed by atoms with van der Waals surface area (Å²) in [5.74, 6) is 0.799. The predicted molar refractivity (Wildman–Crippen MR) is 93.2 cm³/mol. The number of aromatic nitrogens is 1. The number of carbonyl (C=O) groups is 1. The third-order valence-electron chi connectivity index (χ3n) is 3.96. The normalized spacial score (nSPS) is 17.4. The molecule has 2 heterocycles. The van der Waals surface area contributed by atoms with Crippen LogP contribution in [0.3, 0.4) is 0 Å². The van der Waals surface area contributed by atoms with Crippen molar-refractivity contribution in [3.8, 4) is 5.75 Å². The highest BCUT2D eigenvalue weighted by Gasteiger charge is 2.21. The van der Waals surface area contributed by atoms with Crippen LogP contribution in [0, 0.1) is 0 Å². The molecule has 1 unspecified atom stereocenters. The molecule has 2 N–H and O–H groups in total. The molecule has 1 aromatic heterocycles. The molecule has 1 aromatic carbocycles. The number of pyridine rings is 1. The molecule has 0 aliphatic carbocycles. The summed E-state index contributed by atoms with van der Waals surface area (Å²) in [4.78, 5) is 17.9. The number of nitrogens with zero attached hydrogens (tertiary/aromatic N) is 2. The molecule has 1 fully saturated rings. The number of benzene rings is 1. The van der Waals surface area contributed by atoms with Crippen LogP contribution in [0.25, 0.3) is 6.08 Å². The fourth-order valence-electron chi connectivity index (χ4n) is 2.59. The van der Waals surface area contributed by atoms with Crippen molar-refractivity contribution >= 4 is 12.0 Å². The number of rotatable bonds is 5. The zero-order valence-electron chi connectivity index (χ0n) is 13.5. The largest absolute Gasteiger partial charge is 0.489 e. The van der Waals surface area contributed by atoms with Crippen molar-refractivity contribution in [2.24, 2.45) is 5.73 Å². The molecule has 124 valence electrons. The fourth-order valence-corrected chi connectivity index (χ4v) is 2.59. The summed E-state index contributed by atoms with van der Waals surface area (Å²) in [5, 5.41) is 0. The van der Waals surface area contributed by atoms with Crippen LogP contribution in [0.15, 0.2) is 54.9 Å². The van der Waals surface area contributed by atoms with E-state index in [4.69, 9.17) is 10.5 Å². The molecule has 2 aromatic rings. The summed E-state index contributed by atoms with van der Waals surface area (Å²) in [6, 6.07) is 11.6. The van der Waals surface area contributed by atoms with Crippen LogP contribution in [0.1, 0.15) is 17.5 Å². The van der Waals surface area contributed by atoms with Crippen LogP contribution in [-0.2, 0) is 11.4 Å². The summed E-state index contributed by atoms with van der Waals surface area (Å²) < 4.78 is 5.71. The van der Waals surface area contributed by atoms with Crippen LogP contribution in [0.5, 0.6) is 5.75 Å². The first-order valence-corrected chi connectivity index (χ1v) is 8.05. The molecule has 1 amide bonds. The van der Waals surface area contributed by atoms with Gasteiger partial charge in [-0.2, -0.15) is 0 Å². The monoisotopic (exact) mass is 323 g/mol. The molecule has 5 nitrogen and oxygen atoms in total. The van der Waals surface area contributed by atoms with Gasteiger partial charge in [-0.15, -0.1) is 0 Å². The van der Waals surface area contributed by atoms with Crippen molar-refractivity contribution in [3.05, 3.63) is 66.0 Å². The number of hydrogen-bond acceptors (Lipinski definition) is 4. The summed E-state index contributed by atoms with van der Waals surface area (Å²) >= 11 is 0. The van der Waals surface area contributed by atoms with Crippen molar-refractivity contribution in [3.63, 3.8) is 0 Å². The van der Waals surface area contributed by atoms with Crippen LogP contribution in [0.2, 0.25) is 0 Å². The van der Waals surface area contributed by atoms with Crippen molar-refractivity contribution in [1.29, 1.82) is 0 Å². The zero-order valence-corrected chi connectivity index (χ0v) is 13.5. The lowest BCUT2D eigenvalue weighted by molar-refractivity contribution is -0.124. The Hall–Kier alpha value is -2.66. The maximum atomic E-state index is 12.0. The van der Waals surface area contributed by atoms with Crippen molar-refractivity contribution in [1.82, 2.24) is 9.88 Å². The first kappa shape index (κ1) is 16.2. The summed E-state index contributed by atoms with van der Waals surface area (Å²) in [5.41, 5.74) is 7.80. The molecule has 5 heteroatoms. The van der Waals surface area contributed by atoms with Crippen molar-refractivity contribution in [2.45, 2.75) is 19.1 Å². The second kappa shape index (κ2) is 7.75. The third kappa shape index (κ3) is 4.43. The lowest BCUT2D eigenvalue weighted by Gasteiger charge is -2.12. The summed E-state index contributed by atoms with van der Waals surface area (Å²) in [7, 11) is 0. The molecule has 0 bridgehead atoms. The maximum Gasteiger partial charge on any atom is 0.246 e. The Kier molecular flexibility index (Phi) is 5.23. The lowest BCUT2D eigenvalue weighted by Crippen LogP contribution is -2.30. The van der Waals surface area contributed by atoms with Gasteiger partial charge in [-0.3, -0.25) is 9.78 Å². The van der Waals surface area contributed by atoms with Gasteiger partial charge >= 0.3 is 0 Å². The van der Waals surface area contributed by atoms with Crippen LogP contribution < -0.4 is 10.5 Å². The average Bonchev–Trinajstić information content (AvgIpc) is 3.06. The van der Waals surface area contributed by atoms with Crippen molar-refractivity contribution in [2.75, 3.05) is 13.1 Å². The SMILES string of the molecule is NC1CCN(C(=O)/C=C/c2ccc(OCc3cccnc3)cc2)C1. The number of nitrogens with two attached hydrogens (primary N) is 1. The van der Waals surface area contributed by atoms with E-state index in [0.717, 1.165) is 29.8 Å². The second-order valence-electron chi connectivity index (χ2n) is 5.89. The van der Waals surface area contributed by atoms with Gasteiger partial charge in [0.2, 0.25) is 5.91 Å². The minimum Gasteiger partial charge on any atom is -0.489 e. The smallest absolute Gasteiger partial charge is 0.246 e. The number of carbonyl (C=O) groups excluding carboxylic acids is 1. The van der Waals surface area contributed by atoms with Gasteiger partial charge in [-0.05, 0) is 36.3 Å². The van der Waals surface area contributed by atoms with E-state index in [1.165, 1.54) is 0 Å². The molecule has 3 rings (SSSR count). The third-order valence-corrected chi connectivity index (χ3v) is 3.96. The fraction of sp³-hybridized carbons (Fsp3) is 0.263. The van der Waals surface area contributed by atoms with E-state index in [2.05, 4.69) is 4.98 Å². The van der Waals surface area contributed by atoms with E-state index >= 15 is 0 Å². The lowest BCUT2D eigenvalue weighted by atomic mass is 10.2. The summed E-state index contributed by atoms with van der Waals surface area (Å²) in [6.45, 7) is 1.87. The minimum absolute atomic E-state index is 0.0138.